The molecular formula is C21H25Br2Cl2N3O. The molecule has 2 N–H and O–H groups in total. The lowest BCUT2D eigenvalue weighted by Crippen LogP contribution is -2.60. The Morgan fingerprint density at radius 1 is 1.07 bits per heavy atom. The third-order valence-corrected chi connectivity index (χ3v) is 6.54. The quantitative estimate of drug-likeness (QED) is 0.577. The first-order chi connectivity index (χ1) is 13.1. The predicted octanol–water partition coefficient (Wildman–Crippen LogP) is 4.42. The van der Waals surface area contributed by atoms with Gasteiger partial charge in [0.25, 0.3) is 0 Å². The summed E-state index contributed by atoms with van der Waals surface area (Å²) in [5.74, 6) is 0.116. The Balaban J connectivity index is 0.00000150. The van der Waals surface area contributed by atoms with Crippen LogP contribution in [0.2, 0.25) is 0 Å². The molecule has 1 fully saturated rings. The molecule has 2 aliphatic rings. The Morgan fingerprint density at radius 3 is 2.41 bits per heavy atom. The summed E-state index contributed by atoms with van der Waals surface area (Å²) in [6.07, 6.45) is 1.80. The molecule has 1 atom stereocenters. The lowest BCUT2D eigenvalue weighted by atomic mass is 9.87. The second-order valence-corrected chi connectivity index (χ2v) is 9.05. The summed E-state index contributed by atoms with van der Waals surface area (Å²) in [5.41, 5.74) is 3.00. The van der Waals surface area contributed by atoms with Gasteiger partial charge in [0.1, 0.15) is 5.54 Å². The van der Waals surface area contributed by atoms with E-state index < -0.39 is 5.54 Å². The zero-order chi connectivity index (χ0) is 18.9. The van der Waals surface area contributed by atoms with Crippen LogP contribution in [-0.2, 0) is 23.3 Å². The highest BCUT2D eigenvalue weighted by molar-refractivity contribution is 9.11. The molecule has 1 heterocycles. The zero-order valence-corrected chi connectivity index (χ0v) is 20.7. The standard InChI is InChI=1S/C21H23Br2N3O.2ClH/c22-17-11-15(12-18(23)13-17)14-25-20(27)21(26-9-7-24-8-10-26)6-5-16-3-1-2-4-19(16)21;;/h1-4,11-13,24H,5-10,14H2,(H,25,27);2*1H. The number of benzene rings is 2. The van der Waals surface area contributed by atoms with Crippen molar-refractivity contribution in [2.75, 3.05) is 26.2 Å². The zero-order valence-electron chi connectivity index (χ0n) is 15.9. The van der Waals surface area contributed by atoms with Crippen molar-refractivity contribution in [3.63, 3.8) is 0 Å². The summed E-state index contributed by atoms with van der Waals surface area (Å²) in [6, 6.07) is 14.5. The molecule has 1 saturated heterocycles. The van der Waals surface area contributed by atoms with Crippen LogP contribution in [0.5, 0.6) is 0 Å². The van der Waals surface area contributed by atoms with Gasteiger partial charge in [0.15, 0.2) is 0 Å². The summed E-state index contributed by atoms with van der Waals surface area (Å²) in [4.78, 5) is 16.0. The predicted molar refractivity (Wildman–Crippen MR) is 129 cm³/mol. The Hall–Kier alpha value is -0.630. The fraction of sp³-hybridized carbons (Fsp3) is 0.381. The molecule has 8 heteroatoms. The minimum atomic E-state index is -0.554. The number of hydrogen-bond acceptors (Lipinski definition) is 3. The molecular weight excluding hydrogens is 541 g/mol. The minimum Gasteiger partial charge on any atom is -0.350 e. The summed E-state index contributed by atoms with van der Waals surface area (Å²) < 4.78 is 2.01. The van der Waals surface area contributed by atoms with E-state index in [1.807, 2.05) is 18.2 Å². The highest BCUT2D eigenvalue weighted by atomic mass is 79.9. The van der Waals surface area contributed by atoms with Crippen molar-refractivity contribution >= 4 is 62.6 Å². The van der Waals surface area contributed by atoms with E-state index in [0.29, 0.717) is 6.54 Å². The molecule has 2 aromatic rings. The number of amides is 1. The number of aryl methyl sites for hydroxylation is 1. The largest absolute Gasteiger partial charge is 0.350 e. The first-order valence-corrected chi connectivity index (χ1v) is 11.0. The Bertz CT molecular complexity index is 841. The summed E-state index contributed by atoms with van der Waals surface area (Å²) in [5, 5.41) is 6.64. The van der Waals surface area contributed by atoms with Crippen LogP contribution in [0.4, 0.5) is 0 Å². The van der Waals surface area contributed by atoms with Gasteiger partial charge in [-0.15, -0.1) is 24.8 Å². The van der Waals surface area contributed by atoms with Crippen molar-refractivity contribution in [2.45, 2.75) is 24.9 Å². The molecule has 29 heavy (non-hydrogen) atoms. The van der Waals surface area contributed by atoms with E-state index in [9.17, 15) is 4.79 Å². The van der Waals surface area contributed by atoms with Crippen LogP contribution in [0.15, 0.2) is 51.4 Å². The van der Waals surface area contributed by atoms with Gasteiger partial charge in [0, 0.05) is 41.7 Å². The van der Waals surface area contributed by atoms with Crippen LogP contribution in [0, 0.1) is 0 Å². The number of nitrogens with one attached hydrogen (secondary N) is 2. The maximum absolute atomic E-state index is 13.6. The van der Waals surface area contributed by atoms with E-state index in [0.717, 1.165) is 53.5 Å². The van der Waals surface area contributed by atoms with Crippen molar-refractivity contribution in [2.24, 2.45) is 0 Å². The number of halogens is 4. The van der Waals surface area contributed by atoms with Crippen LogP contribution in [0.1, 0.15) is 23.1 Å². The first kappa shape index (κ1) is 24.6. The molecule has 1 amide bonds. The molecule has 1 unspecified atom stereocenters. The fourth-order valence-corrected chi connectivity index (χ4v) is 5.78. The number of hydrogen-bond donors (Lipinski definition) is 2. The van der Waals surface area contributed by atoms with Gasteiger partial charge in [-0.1, -0.05) is 56.1 Å². The second kappa shape index (κ2) is 10.6. The van der Waals surface area contributed by atoms with Gasteiger partial charge >= 0.3 is 0 Å². The van der Waals surface area contributed by atoms with E-state index in [-0.39, 0.29) is 30.7 Å². The SMILES string of the molecule is Cl.Cl.O=C(NCc1cc(Br)cc(Br)c1)C1(N2CCNCC2)CCc2ccccc21. The van der Waals surface area contributed by atoms with Gasteiger partial charge in [-0.25, -0.2) is 0 Å². The molecule has 0 saturated carbocycles. The fourth-order valence-electron chi connectivity index (χ4n) is 4.39. The third-order valence-electron chi connectivity index (χ3n) is 5.63. The van der Waals surface area contributed by atoms with Crippen molar-refractivity contribution in [1.82, 2.24) is 15.5 Å². The number of carbonyl (C=O) groups excluding carboxylic acids is 1. The normalized spacial score (nSPS) is 20.9. The van der Waals surface area contributed by atoms with Crippen molar-refractivity contribution in [3.8, 4) is 0 Å². The molecule has 1 aliphatic carbocycles. The van der Waals surface area contributed by atoms with E-state index in [1.165, 1.54) is 11.1 Å². The summed E-state index contributed by atoms with van der Waals surface area (Å²) >= 11 is 7.05. The Labute approximate surface area is 201 Å². The van der Waals surface area contributed by atoms with E-state index in [1.54, 1.807) is 0 Å². The number of carbonyl (C=O) groups is 1. The molecule has 0 radical (unpaired) electrons. The first-order valence-electron chi connectivity index (χ1n) is 9.37. The van der Waals surface area contributed by atoms with Gasteiger partial charge in [0.2, 0.25) is 5.91 Å². The van der Waals surface area contributed by atoms with Gasteiger partial charge in [0.05, 0.1) is 0 Å². The number of fused-ring (bicyclic) bond motifs is 1. The maximum atomic E-state index is 13.6. The van der Waals surface area contributed by atoms with Crippen molar-refractivity contribution in [3.05, 3.63) is 68.1 Å². The highest BCUT2D eigenvalue weighted by Crippen LogP contribution is 2.42. The van der Waals surface area contributed by atoms with Gasteiger partial charge < -0.3 is 10.6 Å². The molecule has 1 aliphatic heterocycles. The molecule has 0 spiro atoms. The van der Waals surface area contributed by atoms with Crippen LogP contribution in [-0.4, -0.2) is 37.0 Å². The molecule has 4 rings (SSSR count). The van der Waals surface area contributed by atoms with Gasteiger partial charge in [-0.2, -0.15) is 0 Å². The average Bonchev–Trinajstić information content (AvgIpc) is 3.07. The van der Waals surface area contributed by atoms with Crippen LogP contribution >= 0.6 is 56.7 Å². The van der Waals surface area contributed by atoms with E-state index in [4.69, 9.17) is 0 Å². The summed E-state index contributed by atoms with van der Waals surface area (Å²) in [6.45, 7) is 4.16. The number of nitrogens with zero attached hydrogens (tertiary/aromatic N) is 1. The van der Waals surface area contributed by atoms with E-state index in [2.05, 4.69) is 71.7 Å². The van der Waals surface area contributed by atoms with Crippen molar-refractivity contribution in [1.29, 1.82) is 0 Å². The monoisotopic (exact) mass is 563 g/mol. The van der Waals surface area contributed by atoms with Gasteiger partial charge in [-0.05, 0) is 47.7 Å². The second-order valence-electron chi connectivity index (χ2n) is 7.21. The smallest absolute Gasteiger partial charge is 0.245 e. The van der Waals surface area contributed by atoms with Crippen LogP contribution in [0.25, 0.3) is 0 Å². The van der Waals surface area contributed by atoms with E-state index >= 15 is 0 Å². The number of rotatable bonds is 4. The summed E-state index contributed by atoms with van der Waals surface area (Å²) in [7, 11) is 0. The Kier molecular flexibility index (Phi) is 9.01. The van der Waals surface area contributed by atoms with Crippen LogP contribution in [0.3, 0.4) is 0 Å². The molecule has 2 aromatic carbocycles. The lowest BCUT2D eigenvalue weighted by molar-refractivity contribution is -0.135. The molecule has 4 nitrogen and oxygen atoms in total. The Morgan fingerprint density at radius 2 is 1.72 bits per heavy atom. The third kappa shape index (κ3) is 5.00. The van der Waals surface area contributed by atoms with Gasteiger partial charge in [-0.3, -0.25) is 9.69 Å². The molecule has 0 aromatic heterocycles. The molecule has 158 valence electrons. The maximum Gasteiger partial charge on any atom is 0.245 e. The highest BCUT2D eigenvalue weighted by Gasteiger charge is 2.49. The van der Waals surface area contributed by atoms with Crippen LogP contribution < -0.4 is 10.6 Å². The molecule has 0 bridgehead atoms. The van der Waals surface area contributed by atoms with Crippen molar-refractivity contribution < 1.29 is 4.79 Å². The minimum absolute atomic E-state index is 0. The topological polar surface area (TPSA) is 44.4 Å². The lowest BCUT2D eigenvalue weighted by Gasteiger charge is -2.43. The average molecular weight is 566 g/mol. The number of piperazine rings is 1.